The molecule has 2 nitrogen and oxygen atoms in total. The first-order valence-electron chi connectivity index (χ1n) is 7.23. The average molecular weight is 254 g/mol. The van der Waals surface area contributed by atoms with Gasteiger partial charge in [-0.25, -0.2) is 4.98 Å². The van der Waals surface area contributed by atoms with Crippen LogP contribution in [-0.2, 0) is 11.8 Å². The number of benzene rings is 1. The molecule has 1 aliphatic rings. The zero-order valence-corrected chi connectivity index (χ0v) is 12.1. The van der Waals surface area contributed by atoms with Gasteiger partial charge in [0, 0.05) is 11.9 Å². The van der Waals surface area contributed by atoms with Crippen LogP contribution in [0.3, 0.4) is 0 Å². The van der Waals surface area contributed by atoms with Gasteiger partial charge < -0.3 is 4.57 Å². The second-order valence-electron chi connectivity index (χ2n) is 6.23. The van der Waals surface area contributed by atoms with Gasteiger partial charge in [0.1, 0.15) is 0 Å². The monoisotopic (exact) mass is 254 g/mol. The molecule has 19 heavy (non-hydrogen) atoms. The lowest BCUT2D eigenvalue weighted by atomic mass is 9.86. The highest BCUT2D eigenvalue weighted by atomic mass is 15.1. The van der Waals surface area contributed by atoms with Gasteiger partial charge in [-0.3, -0.25) is 0 Å². The van der Waals surface area contributed by atoms with Crippen LogP contribution in [0.4, 0.5) is 0 Å². The Morgan fingerprint density at radius 1 is 1.32 bits per heavy atom. The Labute approximate surface area is 115 Å². The molecule has 0 spiro atoms. The Morgan fingerprint density at radius 3 is 2.89 bits per heavy atom. The first-order valence-corrected chi connectivity index (χ1v) is 7.23. The molecule has 1 atom stereocenters. The highest BCUT2D eigenvalue weighted by Crippen LogP contribution is 2.46. The molecule has 0 N–H and O–H groups in total. The van der Waals surface area contributed by atoms with E-state index in [9.17, 15) is 0 Å². The molecule has 1 aliphatic carbocycles. The van der Waals surface area contributed by atoms with Crippen LogP contribution in [0.5, 0.6) is 0 Å². The minimum Gasteiger partial charge on any atom is -0.327 e. The topological polar surface area (TPSA) is 17.8 Å². The zero-order chi connectivity index (χ0) is 13.5. The number of nitrogens with zero attached hydrogens (tertiary/aromatic N) is 2. The molecule has 0 radical (unpaired) electrons. The Bertz CT molecular complexity index is 580. The van der Waals surface area contributed by atoms with Crippen LogP contribution in [0, 0.1) is 0 Å². The van der Waals surface area contributed by atoms with E-state index in [0.717, 1.165) is 6.42 Å². The molecule has 0 saturated carbocycles. The summed E-state index contributed by atoms with van der Waals surface area (Å²) in [7, 11) is 0. The molecular weight excluding hydrogens is 232 g/mol. The molecule has 1 aromatic carbocycles. The van der Waals surface area contributed by atoms with Crippen molar-refractivity contribution in [3.05, 3.63) is 53.6 Å². The third-order valence-corrected chi connectivity index (χ3v) is 4.34. The summed E-state index contributed by atoms with van der Waals surface area (Å²) < 4.78 is 2.39. The van der Waals surface area contributed by atoms with E-state index in [1.54, 1.807) is 0 Å². The summed E-state index contributed by atoms with van der Waals surface area (Å²) in [6.45, 7) is 6.92. The quantitative estimate of drug-likeness (QED) is 0.806. The first-order chi connectivity index (χ1) is 9.13. The smallest absolute Gasteiger partial charge is 0.0953 e. The van der Waals surface area contributed by atoms with E-state index in [-0.39, 0.29) is 5.41 Å². The van der Waals surface area contributed by atoms with E-state index in [2.05, 4.69) is 54.6 Å². The van der Waals surface area contributed by atoms with Gasteiger partial charge in [0.15, 0.2) is 0 Å². The highest BCUT2D eigenvalue weighted by molar-refractivity contribution is 5.41. The van der Waals surface area contributed by atoms with Gasteiger partial charge in [-0.2, -0.15) is 0 Å². The Balaban J connectivity index is 2.06. The van der Waals surface area contributed by atoms with Crippen molar-refractivity contribution in [1.82, 2.24) is 9.55 Å². The van der Waals surface area contributed by atoms with Crippen molar-refractivity contribution >= 4 is 0 Å². The molecule has 0 bridgehead atoms. The molecule has 0 aliphatic heterocycles. The third kappa shape index (κ3) is 1.99. The molecule has 1 heterocycles. The van der Waals surface area contributed by atoms with Crippen molar-refractivity contribution < 1.29 is 0 Å². The van der Waals surface area contributed by atoms with Crippen molar-refractivity contribution in [2.24, 2.45) is 0 Å². The van der Waals surface area contributed by atoms with Crippen molar-refractivity contribution in [1.29, 1.82) is 0 Å². The predicted molar refractivity (Wildman–Crippen MR) is 78.4 cm³/mol. The molecule has 0 fully saturated rings. The fraction of sp³-hybridized carbons (Fsp3) is 0.471. The van der Waals surface area contributed by atoms with E-state index in [4.69, 9.17) is 0 Å². The second-order valence-corrected chi connectivity index (χ2v) is 6.23. The zero-order valence-electron chi connectivity index (χ0n) is 12.1. The van der Waals surface area contributed by atoms with Gasteiger partial charge in [-0.05, 0) is 29.4 Å². The fourth-order valence-corrected chi connectivity index (χ4v) is 3.42. The maximum atomic E-state index is 4.37. The molecule has 2 aromatic rings. The summed E-state index contributed by atoms with van der Waals surface area (Å²) in [6.07, 6.45) is 7.48. The molecule has 0 saturated heterocycles. The van der Waals surface area contributed by atoms with Crippen molar-refractivity contribution in [3.63, 3.8) is 0 Å². The molecular formula is C17H22N2. The molecule has 2 heteroatoms. The molecule has 1 aromatic heterocycles. The van der Waals surface area contributed by atoms with Crippen LogP contribution in [0.25, 0.3) is 0 Å². The number of fused-ring (bicyclic) bond motifs is 1. The molecule has 0 amide bonds. The maximum absolute atomic E-state index is 4.37. The summed E-state index contributed by atoms with van der Waals surface area (Å²) in [5.41, 5.74) is 4.59. The number of aryl methyl sites for hydroxylation is 1. The van der Waals surface area contributed by atoms with Crippen LogP contribution < -0.4 is 0 Å². The normalized spacial score (nSPS) is 20.5. The van der Waals surface area contributed by atoms with Crippen LogP contribution in [0.2, 0.25) is 0 Å². The number of aromatic nitrogens is 2. The minimum atomic E-state index is 0.259. The van der Waals surface area contributed by atoms with E-state index in [0.29, 0.717) is 6.04 Å². The number of hydrogen-bond donors (Lipinski definition) is 0. The minimum absolute atomic E-state index is 0.259. The highest BCUT2D eigenvalue weighted by Gasteiger charge is 2.37. The van der Waals surface area contributed by atoms with Gasteiger partial charge in [-0.15, -0.1) is 0 Å². The molecule has 100 valence electrons. The Hall–Kier alpha value is -1.57. The standard InChI is InChI=1S/C17H22N2/c1-4-7-13-11-18-12-19(13)16-10-17(2,3)15-9-6-5-8-14(15)16/h5-6,8-9,11-12,16H,4,7,10H2,1-3H3. The van der Waals surface area contributed by atoms with Crippen LogP contribution in [0.1, 0.15) is 56.5 Å². The SMILES string of the molecule is CCCc1cncn1C1CC(C)(C)c2ccccc21. The van der Waals surface area contributed by atoms with E-state index >= 15 is 0 Å². The Morgan fingerprint density at radius 2 is 2.11 bits per heavy atom. The van der Waals surface area contributed by atoms with Gasteiger partial charge in [0.2, 0.25) is 0 Å². The van der Waals surface area contributed by atoms with Gasteiger partial charge in [0.25, 0.3) is 0 Å². The summed E-state index contributed by atoms with van der Waals surface area (Å²) in [6, 6.07) is 9.33. The van der Waals surface area contributed by atoms with Crippen molar-refractivity contribution in [2.45, 2.75) is 51.5 Å². The van der Waals surface area contributed by atoms with Crippen LogP contribution in [-0.4, -0.2) is 9.55 Å². The largest absolute Gasteiger partial charge is 0.327 e. The van der Waals surface area contributed by atoms with Crippen molar-refractivity contribution in [3.8, 4) is 0 Å². The van der Waals surface area contributed by atoms with E-state index < -0.39 is 0 Å². The maximum Gasteiger partial charge on any atom is 0.0953 e. The van der Waals surface area contributed by atoms with Crippen LogP contribution >= 0.6 is 0 Å². The van der Waals surface area contributed by atoms with E-state index in [1.165, 1.54) is 29.7 Å². The number of imidazole rings is 1. The lowest BCUT2D eigenvalue weighted by Gasteiger charge is -2.20. The van der Waals surface area contributed by atoms with Gasteiger partial charge in [-0.1, -0.05) is 51.5 Å². The summed E-state index contributed by atoms with van der Waals surface area (Å²) in [5, 5.41) is 0. The first kappa shape index (κ1) is 12.5. The summed E-state index contributed by atoms with van der Waals surface area (Å²) in [5.74, 6) is 0. The summed E-state index contributed by atoms with van der Waals surface area (Å²) >= 11 is 0. The predicted octanol–water partition coefficient (Wildman–Crippen LogP) is 4.11. The molecule has 3 rings (SSSR count). The fourth-order valence-electron chi connectivity index (χ4n) is 3.42. The number of hydrogen-bond acceptors (Lipinski definition) is 1. The Kier molecular flexibility index (Phi) is 2.96. The number of rotatable bonds is 3. The lowest BCUT2D eigenvalue weighted by Crippen LogP contribution is -2.15. The summed E-state index contributed by atoms with van der Waals surface area (Å²) in [4.78, 5) is 4.37. The van der Waals surface area contributed by atoms with Crippen LogP contribution in [0.15, 0.2) is 36.8 Å². The van der Waals surface area contributed by atoms with E-state index in [1.807, 2.05) is 12.5 Å². The second kappa shape index (κ2) is 4.52. The lowest BCUT2D eigenvalue weighted by molar-refractivity contribution is 0.436. The molecule has 1 unspecified atom stereocenters. The van der Waals surface area contributed by atoms with Gasteiger partial charge in [0.05, 0.1) is 12.4 Å². The third-order valence-electron chi connectivity index (χ3n) is 4.34. The average Bonchev–Trinajstić information content (AvgIpc) is 2.94. The van der Waals surface area contributed by atoms with Crippen molar-refractivity contribution in [2.75, 3.05) is 0 Å². The van der Waals surface area contributed by atoms with Gasteiger partial charge >= 0.3 is 0 Å².